The summed E-state index contributed by atoms with van der Waals surface area (Å²) in [7, 11) is 0. The second kappa shape index (κ2) is 4.78. The second-order valence-electron chi connectivity index (χ2n) is 4.67. The topological polar surface area (TPSA) is 69.8 Å². The number of carbonyl (C=O) groups excluding carboxylic acids is 1. The number of hydrogen-bond acceptors (Lipinski definition) is 3. The number of benzene rings is 1. The Morgan fingerprint density at radius 1 is 1.33 bits per heavy atom. The maximum atomic E-state index is 12.1. The molecule has 0 atom stereocenters. The largest absolute Gasteiger partial charge is 0.349 e. The maximum Gasteiger partial charge on any atom is 0.251 e. The van der Waals surface area contributed by atoms with E-state index in [1.54, 1.807) is 6.20 Å². The molecule has 2 heterocycles. The third-order valence-corrected chi connectivity index (χ3v) is 3.38. The molecular formula is C13H16N4O. The first-order valence-corrected chi connectivity index (χ1v) is 6.27. The van der Waals surface area contributed by atoms with E-state index in [0.717, 1.165) is 36.8 Å². The number of nitrogens with zero attached hydrogens (tertiary/aromatic N) is 1. The van der Waals surface area contributed by atoms with Crippen LogP contribution in [0.4, 0.5) is 0 Å². The lowest BCUT2D eigenvalue weighted by molar-refractivity contribution is 0.0929. The summed E-state index contributed by atoms with van der Waals surface area (Å²) in [5, 5.41) is 14.2. The van der Waals surface area contributed by atoms with Crippen LogP contribution in [0.2, 0.25) is 0 Å². The van der Waals surface area contributed by atoms with Gasteiger partial charge in [0.05, 0.1) is 11.7 Å². The molecule has 3 rings (SSSR count). The fraction of sp³-hybridized carbons (Fsp3) is 0.385. The summed E-state index contributed by atoms with van der Waals surface area (Å²) in [5.74, 6) is -0.00148. The van der Waals surface area contributed by atoms with Gasteiger partial charge in [-0.3, -0.25) is 9.89 Å². The Morgan fingerprint density at radius 3 is 3.00 bits per heavy atom. The molecule has 5 nitrogen and oxygen atoms in total. The molecule has 0 saturated carbocycles. The summed E-state index contributed by atoms with van der Waals surface area (Å²) < 4.78 is 0. The lowest BCUT2D eigenvalue weighted by Crippen LogP contribution is -2.42. The lowest BCUT2D eigenvalue weighted by Gasteiger charge is -2.23. The fourth-order valence-corrected chi connectivity index (χ4v) is 2.31. The number of H-pyrrole nitrogens is 1. The monoisotopic (exact) mass is 244 g/mol. The van der Waals surface area contributed by atoms with Crippen LogP contribution in [0.25, 0.3) is 10.9 Å². The number of nitrogens with one attached hydrogen (secondary N) is 3. The first-order chi connectivity index (χ1) is 8.83. The van der Waals surface area contributed by atoms with Crippen molar-refractivity contribution in [3.8, 4) is 0 Å². The number of rotatable bonds is 2. The number of carbonyl (C=O) groups is 1. The number of amides is 1. The van der Waals surface area contributed by atoms with E-state index < -0.39 is 0 Å². The first-order valence-electron chi connectivity index (χ1n) is 6.27. The van der Waals surface area contributed by atoms with Crippen LogP contribution in [0.5, 0.6) is 0 Å². The molecule has 18 heavy (non-hydrogen) atoms. The molecule has 5 heteroatoms. The Labute approximate surface area is 105 Å². The normalized spacial score (nSPS) is 16.9. The highest BCUT2D eigenvalue weighted by molar-refractivity contribution is 5.97. The van der Waals surface area contributed by atoms with Gasteiger partial charge in [0.1, 0.15) is 0 Å². The van der Waals surface area contributed by atoms with Crippen LogP contribution in [-0.2, 0) is 0 Å². The number of aromatic amines is 1. The van der Waals surface area contributed by atoms with Crippen molar-refractivity contribution in [2.75, 3.05) is 13.1 Å². The summed E-state index contributed by atoms with van der Waals surface area (Å²) in [4.78, 5) is 12.1. The van der Waals surface area contributed by atoms with E-state index >= 15 is 0 Å². The lowest BCUT2D eigenvalue weighted by atomic mass is 10.1. The maximum absolute atomic E-state index is 12.1. The molecule has 0 unspecified atom stereocenters. The van der Waals surface area contributed by atoms with E-state index in [9.17, 15) is 4.79 Å². The molecular weight excluding hydrogens is 228 g/mol. The SMILES string of the molecule is O=C(NC1CCNCC1)c1ccc2cn[nH]c2c1. The molecule has 1 aromatic heterocycles. The predicted octanol–water partition coefficient (Wildman–Crippen LogP) is 1.04. The molecule has 0 spiro atoms. The van der Waals surface area contributed by atoms with Crippen molar-refractivity contribution in [1.82, 2.24) is 20.8 Å². The molecule has 94 valence electrons. The minimum absolute atomic E-state index is 0.00148. The zero-order valence-electron chi connectivity index (χ0n) is 10.1. The quantitative estimate of drug-likeness (QED) is 0.739. The molecule has 2 aromatic rings. The van der Waals surface area contributed by atoms with Crippen molar-refractivity contribution in [3.05, 3.63) is 30.0 Å². The number of aromatic nitrogens is 2. The van der Waals surface area contributed by atoms with Gasteiger partial charge in [0, 0.05) is 17.0 Å². The Bertz CT molecular complexity index is 557. The highest BCUT2D eigenvalue weighted by atomic mass is 16.1. The first kappa shape index (κ1) is 11.2. The fourth-order valence-electron chi connectivity index (χ4n) is 2.31. The number of hydrogen-bond donors (Lipinski definition) is 3. The summed E-state index contributed by atoms with van der Waals surface area (Å²) in [6.45, 7) is 1.95. The zero-order valence-corrected chi connectivity index (χ0v) is 10.1. The van der Waals surface area contributed by atoms with Gasteiger partial charge in [0.25, 0.3) is 5.91 Å². The van der Waals surface area contributed by atoms with Crippen molar-refractivity contribution in [1.29, 1.82) is 0 Å². The van der Waals surface area contributed by atoms with E-state index in [2.05, 4.69) is 20.8 Å². The zero-order chi connectivity index (χ0) is 12.4. The highest BCUT2D eigenvalue weighted by Crippen LogP contribution is 2.13. The third-order valence-electron chi connectivity index (χ3n) is 3.38. The average Bonchev–Trinajstić information content (AvgIpc) is 2.87. The van der Waals surface area contributed by atoms with E-state index in [-0.39, 0.29) is 11.9 Å². The van der Waals surface area contributed by atoms with Gasteiger partial charge in [-0.2, -0.15) is 5.10 Å². The van der Waals surface area contributed by atoms with Gasteiger partial charge >= 0.3 is 0 Å². The van der Waals surface area contributed by atoms with Crippen LogP contribution in [-0.4, -0.2) is 35.2 Å². The Morgan fingerprint density at radius 2 is 2.17 bits per heavy atom. The summed E-state index contributed by atoms with van der Waals surface area (Å²) in [5.41, 5.74) is 1.58. The van der Waals surface area contributed by atoms with E-state index in [1.165, 1.54) is 0 Å². The van der Waals surface area contributed by atoms with Crippen LogP contribution >= 0.6 is 0 Å². The van der Waals surface area contributed by atoms with Crippen LogP contribution in [0.3, 0.4) is 0 Å². The van der Waals surface area contributed by atoms with Gasteiger partial charge in [0.2, 0.25) is 0 Å². The van der Waals surface area contributed by atoms with Gasteiger partial charge in [-0.15, -0.1) is 0 Å². The smallest absolute Gasteiger partial charge is 0.251 e. The standard InChI is InChI=1S/C13H16N4O/c18-13(16-11-3-5-14-6-4-11)9-1-2-10-8-15-17-12(10)7-9/h1-2,7-8,11,14H,3-6H2,(H,15,17)(H,16,18). The molecule has 1 aromatic carbocycles. The van der Waals surface area contributed by atoms with Crippen LogP contribution in [0.15, 0.2) is 24.4 Å². The molecule has 1 aliphatic rings. The molecule has 1 amide bonds. The minimum Gasteiger partial charge on any atom is -0.349 e. The number of piperidine rings is 1. The van der Waals surface area contributed by atoms with E-state index in [4.69, 9.17) is 0 Å². The van der Waals surface area contributed by atoms with Gasteiger partial charge in [-0.1, -0.05) is 6.07 Å². The van der Waals surface area contributed by atoms with Gasteiger partial charge in [-0.05, 0) is 38.1 Å². The van der Waals surface area contributed by atoms with Crippen molar-refractivity contribution in [3.63, 3.8) is 0 Å². The van der Waals surface area contributed by atoms with Crippen LogP contribution in [0, 0.1) is 0 Å². The summed E-state index contributed by atoms with van der Waals surface area (Å²) >= 11 is 0. The highest BCUT2D eigenvalue weighted by Gasteiger charge is 2.16. The summed E-state index contributed by atoms with van der Waals surface area (Å²) in [6.07, 6.45) is 3.75. The molecule has 0 aliphatic carbocycles. The summed E-state index contributed by atoms with van der Waals surface area (Å²) in [6, 6.07) is 5.89. The van der Waals surface area contributed by atoms with Gasteiger partial charge < -0.3 is 10.6 Å². The molecule has 1 saturated heterocycles. The third kappa shape index (κ3) is 2.22. The molecule has 0 radical (unpaired) electrons. The molecule has 1 aliphatic heterocycles. The second-order valence-corrected chi connectivity index (χ2v) is 4.67. The molecule has 0 bridgehead atoms. The van der Waals surface area contributed by atoms with Crippen molar-refractivity contribution < 1.29 is 4.79 Å². The van der Waals surface area contributed by atoms with Gasteiger partial charge in [-0.25, -0.2) is 0 Å². The van der Waals surface area contributed by atoms with Crippen molar-refractivity contribution >= 4 is 16.8 Å². The Kier molecular flexibility index (Phi) is 2.98. The number of fused-ring (bicyclic) bond motifs is 1. The van der Waals surface area contributed by atoms with Crippen LogP contribution in [0.1, 0.15) is 23.2 Å². The van der Waals surface area contributed by atoms with Crippen molar-refractivity contribution in [2.24, 2.45) is 0 Å². The average molecular weight is 244 g/mol. The van der Waals surface area contributed by atoms with Gasteiger partial charge in [0.15, 0.2) is 0 Å². The van der Waals surface area contributed by atoms with E-state index in [0.29, 0.717) is 5.56 Å². The minimum atomic E-state index is -0.00148. The van der Waals surface area contributed by atoms with Crippen LogP contribution < -0.4 is 10.6 Å². The van der Waals surface area contributed by atoms with E-state index in [1.807, 2.05) is 18.2 Å². The Hall–Kier alpha value is -1.88. The van der Waals surface area contributed by atoms with Crippen molar-refractivity contribution in [2.45, 2.75) is 18.9 Å². The molecule has 3 N–H and O–H groups in total. The predicted molar refractivity (Wildman–Crippen MR) is 69.5 cm³/mol. The molecule has 1 fully saturated rings. The Balaban J connectivity index is 1.74.